The number of nitrogens with zero attached hydrogens (tertiary/aromatic N) is 4. The van der Waals surface area contributed by atoms with Gasteiger partial charge in [-0.2, -0.15) is 0 Å². The molecule has 0 aromatic carbocycles. The van der Waals surface area contributed by atoms with Crippen molar-refractivity contribution < 1.29 is 14.3 Å². The molecule has 0 radical (unpaired) electrons. The number of aromatic nitrogens is 2. The third-order valence-corrected chi connectivity index (χ3v) is 5.59. The summed E-state index contributed by atoms with van der Waals surface area (Å²) in [5.74, 6) is 1.20. The molecule has 27 heavy (non-hydrogen) atoms. The number of ether oxygens (including phenoxy) is 2. The number of morpholine rings is 1. The monoisotopic (exact) mass is 375 g/mol. The highest BCUT2D eigenvalue weighted by Crippen LogP contribution is 2.39. The topological polar surface area (TPSA) is 79.8 Å². The standard InChI is InChI=1S/C19H29N5O3/c1-14(2)9-21-18(25)24-4-3-19(12-24)13-27-11-15-10-20-17(22-16(15)19)23-5-7-26-8-6-23/h10,14H,3-9,11-13H2,1-2H3,(H,21,25). The highest BCUT2D eigenvalue weighted by Gasteiger charge is 2.46. The number of carbonyl (C=O) groups is 1. The third-order valence-electron chi connectivity index (χ3n) is 5.59. The van der Waals surface area contributed by atoms with E-state index in [2.05, 4.69) is 29.0 Å². The summed E-state index contributed by atoms with van der Waals surface area (Å²) >= 11 is 0. The number of nitrogens with one attached hydrogen (secondary N) is 1. The minimum Gasteiger partial charge on any atom is -0.378 e. The van der Waals surface area contributed by atoms with E-state index in [0.29, 0.717) is 45.4 Å². The Morgan fingerprint density at radius 1 is 1.30 bits per heavy atom. The third kappa shape index (κ3) is 3.73. The number of hydrogen-bond acceptors (Lipinski definition) is 6. The van der Waals surface area contributed by atoms with Gasteiger partial charge in [-0.05, 0) is 12.3 Å². The first-order valence-corrected chi connectivity index (χ1v) is 9.87. The predicted octanol–water partition coefficient (Wildman–Crippen LogP) is 1.15. The van der Waals surface area contributed by atoms with Gasteiger partial charge in [0.25, 0.3) is 0 Å². The number of anilines is 1. The van der Waals surface area contributed by atoms with Crippen LogP contribution in [0.4, 0.5) is 10.7 Å². The summed E-state index contributed by atoms with van der Waals surface area (Å²) in [6, 6.07) is 0.00940. The second-order valence-electron chi connectivity index (χ2n) is 8.17. The molecule has 1 N–H and O–H groups in total. The molecule has 0 aliphatic carbocycles. The maximum Gasteiger partial charge on any atom is 0.317 e. The highest BCUT2D eigenvalue weighted by molar-refractivity contribution is 5.74. The SMILES string of the molecule is CC(C)CNC(=O)N1CCC2(COCc3cnc(N4CCOCC4)nc32)C1. The maximum absolute atomic E-state index is 12.5. The summed E-state index contributed by atoms with van der Waals surface area (Å²) in [5, 5.41) is 3.02. The van der Waals surface area contributed by atoms with Crippen LogP contribution in [0, 0.1) is 5.92 Å². The Morgan fingerprint density at radius 3 is 2.89 bits per heavy atom. The second-order valence-corrected chi connectivity index (χ2v) is 8.17. The van der Waals surface area contributed by atoms with Gasteiger partial charge in [-0.25, -0.2) is 14.8 Å². The van der Waals surface area contributed by atoms with Crippen molar-refractivity contribution in [3.63, 3.8) is 0 Å². The van der Waals surface area contributed by atoms with Crippen LogP contribution >= 0.6 is 0 Å². The number of rotatable bonds is 3. The molecule has 2 fully saturated rings. The van der Waals surface area contributed by atoms with E-state index in [9.17, 15) is 4.79 Å². The van der Waals surface area contributed by atoms with Gasteiger partial charge in [0.15, 0.2) is 0 Å². The van der Waals surface area contributed by atoms with Gasteiger partial charge in [-0.1, -0.05) is 13.8 Å². The van der Waals surface area contributed by atoms with Gasteiger partial charge < -0.3 is 24.6 Å². The maximum atomic E-state index is 12.5. The highest BCUT2D eigenvalue weighted by atomic mass is 16.5. The Labute approximate surface area is 160 Å². The van der Waals surface area contributed by atoms with Crippen molar-refractivity contribution in [3.05, 3.63) is 17.5 Å². The van der Waals surface area contributed by atoms with Crippen molar-refractivity contribution in [1.82, 2.24) is 20.2 Å². The van der Waals surface area contributed by atoms with Gasteiger partial charge in [0.1, 0.15) is 0 Å². The smallest absolute Gasteiger partial charge is 0.317 e. The molecule has 1 unspecified atom stereocenters. The van der Waals surface area contributed by atoms with E-state index < -0.39 is 0 Å². The molecule has 1 atom stereocenters. The molecule has 0 saturated carbocycles. The molecule has 4 rings (SSSR count). The van der Waals surface area contributed by atoms with E-state index in [4.69, 9.17) is 14.5 Å². The zero-order valence-corrected chi connectivity index (χ0v) is 16.2. The van der Waals surface area contributed by atoms with Crippen LogP contribution in [-0.4, -0.2) is 73.4 Å². The van der Waals surface area contributed by atoms with E-state index in [1.54, 1.807) is 0 Å². The fourth-order valence-electron chi connectivity index (χ4n) is 4.06. The average Bonchev–Trinajstić information content (AvgIpc) is 3.12. The molecule has 8 nitrogen and oxygen atoms in total. The lowest BCUT2D eigenvalue weighted by Crippen LogP contribution is -2.45. The van der Waals surface area contributed by atoms with E-state index in [-0.39, 0.29) is 11.4 Å². The first-order valence-electron chi connectivity index (χ1n) is 9.87. The van der Waals surface area contributed by atoms with E-state index in [0.717, 1.165) is 43.3 Å². The fourth-order valence-corrected chi connectivity index (χ4v) is 4.06. The van der Waals surface area contributed by atoms with Crippen LogP contribution in [0.3, 0.4) is 0 Å². The Kier molecular flexibility index (Phi) is 5.19. The van der Waals surface area contributed by atoms with Crippen LogP contribution in [0.2, 0.25) is 0 Å². The first kappa shape index (κ1) is 18.4. The van der Waals surface area contributed by atoms with Gasteiger partial charge in [-0.3, -0.25) is 0 Å². The van der Waals surface area contributed by atoms with Crippen LogP contribution in [0.5, 0.6) is 0 Å². The van der Waals surface area contributed by atoms with Crippen molar-refractivity contribution in [2.45, 2.75) is 32.3 Å². The molecule has 1 aromatic heterocycles. The quantitative estimate of drug-likeness (QED) is 0.854. The normalized spacial score (nSPS) is 25.1. The van der Waals surface area contributed by atoms with E-state index >= 15 is 0 Å². The van der Waals surface area contributed by atoms with Gasteiger partial charge in [0, 0.05) is 44.5 Å². The second kappa shape index (κ2) is 7.59. The molecule has 4 heterocycles. The number of likely N-dealkylation sites (tertiary alicyclic amines) is 1. The van der Waals surface area contributed by atoms with Crippen LogP contribution in [-0.2, 0) is 21.5 Å². The Balaban J connectivity index is 1.54. The summed E-state index contributed by atoms with van der Waals surface area (Å²) in [6.45, 7) is 10.4. The molecular weight excluding hydrogens is 346 g/mol. The number of carbonyl (C=O) groups excluding carboxylic acids is 1. The molecule has 1 spiro atoms. The summed E-state index contributed by atoms with van der Waals surface area (Å²) in [7, 11) is 0. The van der Waals surface area contributed by atoms with Crippen molar-refractivity contribution in [1.29, 1.82) is 0 Å². The van der Waals surface area contributed by atoms with E-state index in [1.165, 1.54) is 0 Å². The average molecular weight is 375 g/mol. The zero-order valence-electron chi connectivity index (χ0n) is 16.2. The van der Waals surface area contributed by atoms with Gasteiger partial charge in [-0.15, -0.1) is 0 Å². The molecule has 3 aliphatic rings. The number of hydrogen-bond donors (Lipinski definition) is 1. The zero-order chi connectivity index (χ0) is 18.9. The van der Waals surface area contributed by atoms with Crippen LogP contribution in [0.1, 0.15) is 31.5 Å². The van der Waals surface area contributed by atoms with Gasteiger partial charge >= 0.3 is 6.03 Å². The van der Waals surface area contributed by atoms with Crippen molar-refractivity contribution in [2.75, 3.05) is 57.4 Å². The number of amides is 2. The summed E-state index contributed by atoms with van der Waals surface area (Å²) in [5.41, 5.74) is 1.87. The lowest BCUT2D eigenvalue weighted by atomic mass is 9.80. The van der Waals surface area contributed by atoms with Crippen molar-refractivity contribution in [3.8, 4) is 0 Å². The molecule has 148 valence electrons. The van der Waals surface area contributed by atoms with Crippen molar-refractivity contribution >= 4 is 12.0 Å². The van der Waals surface area contributed by atoms with Crippen LogP contribution in [0.15, 0.2) is 6.20 Å². The van der Waals surface area contributed by atoms with Gasteiger partial charge in [0.2, 0.25) is 5.95 Å². The molecule has 8 heteroatoms. The predicted molar refractivity (Wildman–Crippen MR) is 101 cm³/mol. The Morgan fingerprint density at radius 2 is 2.11 bits per heavy atom. The number of fused-ring (bicyclic) bond motifs is 2. The van der Waals surface area contributed by atoms with Gasteiger partial charge in [0.05, 0.1) is 37.5 Å². The van der Waals surface area contributed by atoms with Crippen molar-refractivity contribution in [2.24, 2.45) is 5.92 Å². The lowest BCUT2D eigenvalue weighted by Gasteiger charge is -2.35. The lowest BCUT2D eigenvalue weighted by molar-refractivity contribution is 0.0517. The van der Waals surface area contributed by atoms with E-state index in [1.807, 2.05) is 11.1 Å². The molecule has 3 aliphatic heterocycles. The minimum atomic E-state index is -0.229. The molecule has 0 bridgehead atoms. The Hall–Kier alpha value is -1.93. The molecule has 1 aromatic rings. The summed E-state index contributed by atoms with van der Waals surface area (Å²) in [4.78, 5) is 26.1. The molecule has 2 amide bonds. The summed E-state index contributed by atoms with van der Waals surface area (Å²) in [6.07, 6.45) is 2.77. The largest absolute Gasteiger partial charge is 0.378 e. The molecule has 2 saturated heterocycles. The van der Waals surface area contributed by atoms with Crippen LogP contribution < -0.4 is 10.2 Å². The number of urea groups is 1. The fraction of sp³-hybridized carbons (Fsp3) is 0.737. The minimum absolute atomic E-state index is 0.00940. The van der Waals surface area contributed by atoms with Crippen LogP contribution in [0.25, 0.3) is 0 Å². The summed E-state index contributed by atoms with van der Waals surface area (Å²) < 4.78 is 11.3. The first-order chi connectivity index (χ1) is 13.1. The Bertz CT molecular complexity index is 692. The molecular formula is C19H29N5O3.